The Morgan fingerprint density at radius 1 is 1.16 bits per heavy atom. The Kier molecular flexibility index (Phi) is 5.08. The second-order valence-corrected chi connectivity index (χ2v) is 6.81. The molecule has 0 aliphatic carbocycles. The Morgan fingerprint density at radius 2 is 1.92 bits per heavy atom. The summed E-state index contributed by atoms with van der Waals surface area (Å²) in [7, 11) is 0. The molecule has 2 aromatic heterocycles. The molecule has 3 rings (SSSR count). The summed E-state index contributed by atoms with van der Waals surface area (Å²) in [6.07, 6.45) is 0. The van der Waals surface area contributed by atoms with Crippen molar-refractivity contribution in [3.05, 3.63) is 63.9 Å². The molecular formula is C17H19N5O2S. The molecule has 0 unspecified atom stereocenters. The molecule has 7 nitrogen and oxygen atoms in total. The van der Waals surface area contributed by atoms with Crippen molar-refractivity contribution in [1.29, 1.82) is 0 Å². The second kappa shape index (κ2) is 7.43. The zero-order chi connectivity index (χ0) is 17.8. The van der Waals surface area contributed by atoms with Crippen LogP contribution in [-0.4, -0.2) is 36.6 Å². The predicted octanol–water partition coefficient (Wildman–Crippen LogP) is 1.93. The van der Waals surface area contributed by atoms with Crippen LogP contribution in [0.15, 0.2) is 52.6 Å². The van der Waals surface area contributed by atoms with Crippen molar-refractivity contribution in [3.8, 4) is 5.00 Å². The van der Waals surface area contributed by atoms with Gasteiger partial charge in [-0.05, 0) is 47.4 Å². The molecule has 1 aromatic carbocycles. The second-order valence-electron chi connectivity index (χ2n) is 5.88. The van der Waals surface area contributed by atoms with Crippen molar-refractivity contribution in [3.63, 3.8) is 0 Å². The Hall–Kier alpha value is -2.74. The monoisotopic (exact) mass is 357 g/mol. The maximum atomic E-state index is 12.7. The topological polar surface area (TPSA) is 73.0 Å². The van der Waals surface area contributed by atoms with Gasteiger partial charge in [0.15, 0.2) is 0 Å². The van der Waals surface area contributed by atoms with Gasteiger partial charge in [0.1, 0.15) is 11.5 Å². The van der Waals surface area contributed by atoms with E-state index in [-0.39, 0.29) is 18.5 Å². The van der Waals surface area contributed by atoms with Crippen molar-refractivity contribution >= 4 is 17.2 Å². The van der Waals surface area contributed by atoms with Crippen molar-refractivity contribution in [2.75, 3.05) is 0 Å². The highest BCUT2D eigenvalue weighted by atomic mass is 32.1. The summed E-state index contributed by atoms with van der Waals surface area (Å²) in [6.45, 7) is 4.26. The van der Waals surface area contributed by atoms with Crippen LogP contribution in [0.25, 0.3) is 5.00 Å². The number of nitrogens with zero attached hydrogens (tertiary/aromatic N) is 5. The van der Waals surface area contributed by atoms with Crippen molar-refractivity contribution < 1.29 is 4.79 Å². The molecule has 0 saturated carbocycles. The van der Waals surface area contributed by atoms with Gasteiger partial charge in [-0.1, -0.05) is 30.3 Å². The van der Waals surface area contributed by atoms with Gasteiger partial charge in [0.25, 0.3) is 0 Å². The Labute approximate surface area is 149 Å². The predicted molar refractivity (Wildman–Crippen MR) is 95.6 cm³/mol. The van der Waals surface area contributed by atoms with Crippen LogP contribution in [0.2, 0.25) is 0 Å². The summed E-state index contributed by atoms with van der Waals surface area (Å²) in [5.41, 5.74) is 0.623. The Balaban J connectivity index is 1.77. The van der Waals surface area contributed by atoms with E-state index >= 15 is 0 Å². The van der Waals surface area contributed by atoms with Crippen LogP contribution < -0.4 is 5.69 Å². The van der Waals surface area contributed by atoms with Gasteiger partial charge in [-0.25, -0.2) is 4.79 Å². The highest BCUT2D eigenvalue weighted by Gasteiger charge is 2.20. The minimum atomic E-state index is -0.417. The lowest BCUT2D eigenvalue weighted by Gasteiger charge is -2.26. The number of tetrazole rings is 1. The SMILES string of the molecule is CC(C)N(Cc1ccccc1)C(=O)Cn1nnn(-c2cccs2)c1=O. The molecular weight excluding hydrogens is 338 g/mol. The lowest BCUT2D eigenvalue weighted by atomic mass is 10.2. The lowest BCUT2D eigenvalue weighted by molar-refractivity contribution is -0.134. The summed E-state index contributed by atoms with van der Waals surface area (Å²) in [6, 6.07) is 13.4. The molecule has 0 atom stereocenters. The minimum absolute atomic E-state index is 0.00995. The average molecular weight is 357 g/mol. The van der Waals surface area contributed by atoms with E-state index in [0.29, 0.717) is 11.5 Å². The molecule has 0 aliphatic heterocycles. The summed E-state index contributed by atoms with van der Waals surface area (Å²) >= 11 is 1.39. The molecule has 130 valence electrons. The van der Waals surface area contributed by atoms with Gasteiger partial charge < -0.3 is 4.90 Å². The summed E-state index contributed by atoms with van der Waals surface area (Å²) in [5, 5.41) is 10.2. The molecule has 25 heavy (non-hydrogen) atoms. The van der Waals surface area contributed by atoms with Crippen molar-refractivity contribution in [1.82, 2.24) is 24.7 Å². The molecule has 0 saturated heterocycles. The molecule has 3 aromatic rings. The Morgan fingerprint density at radius 3 is 2.56 bits per heavy atom. The van der Waals surface area contributed by atoms with E-state index in [1.54, 1.807) is 11.0 Å². The first-order valence-corrected chi connectivity index (χ1v) is 8.84. The molecule has 0 N–H and O–H groups in total. The van der Waals surface area contributed by atoms with Gasteiger partial charge in [0, 0.05) is 12.6 Å². The largest absolute Gasteiger partial charge is 0.369 e. The van der Waals surface area contributed by atoms with E-state index in [2.05, 4.69) is 10.4 Å². The van der Waals surface area contributed by atoms with Gasteiger partial charge in [-0.3, -0.25) is 4.79 Å². The van der Waals surface area contributed by atoms with Crippen LogP contribution in [-0.2, 0) is 17.9 Å². The first-order valence-electron chi connectivity index (χ1n) is 7.96. The third-order valence-corrected chi connectivity index (χ3v) is 4.62. The number of aromatic nitrogens is 4. The van der Waals surface area contributed by atoms with Crippen LogP contribution in [0.1, 0.15) is 19.4 Å². The molecule has 1 amide bonds. The van der Waals surface area contributed by atoms with Crippen molar-refractivity contribution in [2.45, 2.75) is 33.0 Å². The fourth-order valence-corrected chi connectivity index (χ4v) is 3.13. The molecule has 0 spiro atoms. The van der Waals surface area contributed by atoms with E-state index in [0.717, 1.165) is 10.2 Å². The smallest absolute Gasteiger partial charge is 0.334 e. The number of thiophene rings is 1. The first-order chi connectivity index (χ1) is 12.1. The number of hydrogen-bond acceptors (Lipinski definition) is 5. The number of amides is 1. The van der Waals surface area contributed by atoms with Crippen LogP contribution in [0, 0.1) is 0 Å². The standard InChI is InChI=1S/C17H19N5O2S/c1-13(2)20(11-14-7-4-3-5-8-14)15(23)12-21-17(24)22(19-18-21)16-9-6-10-25-16/h3-10,13H,11-12H2,1-2H3. The number of carbonyl (C=O) groups excluding carboxylic acids is 1. The Bertz CT molecular complexity index is 883. The molecule has 0 radical (unpaired) electrons. The molecule has 8 heteroatoms. The number of rotatable bonds is 6. The van der Waals surface area contributed by atoms with Crippen LogP contribution in [0.3, 0.4) is 0 Å². The van der Waals surface area contributed by atoms with Crippen LogP contribution >= 0.6 is 11.3 Å². The summed E-state index contributed by atoms with van der Waals surface area (Å²) in [4.78, 5) is 26.8. The van der Waals surface area contributed by atoms with Gasteiger partial charge in [-0.15, -0.1) is 11.3 Å². The van der Waals surface area contributed by atoms with Gasteiger partial charge in [-0.2, -0.15) is 9.36 Å². The van der Waals surface area contributed by atoms with Gasteiger partial charge in [0.05, 0.1) is 0 Å². The van der Waals surface area contributed by atoms with Gasteiger partial charge in [0.2, 0.25) is 5.91 Å². The minimum Gasteiger partial charge on any atom is -0.334 e. The summed E-state index contributed by atoms with van der Waals surface area (Å²) < 4.78 is 2.30. The lowest BCUT2D eigenvalue weighted by Crippen LogP contribution is -2.40. The molecule has 0 fully saturated rings. The van der Waals surface area contributed by atoms with E-state index in [1.165, 1.54) is 16.0 Å². The van der Waals surface area contributed by atoms with Crippen molar-refractivity contribution in [2.24, 2.45) is 0 Å². The highest BCUT2D eigenvalue weighted by Crippen LogP contribution is 2.11. The zero-order valence-electron chi connectivity index (χ0n) is 14.1. The van der Waals surface area contributed by atoms with E-state index in [1.807, 2.05) is 55.6 Å². The maximum Gasteiger partial charge on any atom is 0.369 e. The summed E-state index contributed by atoms with van der Waals surface area (Å²) in [5.74, 6) is -0.167. The zero-order valence-corrected chi connectivity index (χ0v) is 14.9. The quantitative estimate of drug-likeness (QED) is 0.676. The number of carbonyl (C=O) groups is 1. The third-order valence-electron chi connectivity index (χ3n) is 3.78. The van der Waals surface area contributed by atoms with E-state index in [4.69, 9.17) is 0 Å². The van der Waals surface area contributed by atoms with Gasteiger partial charge >= 0.3 is 5.69 Å². The normalized spacial score (nSPS) is 11.0. The number of hydrogen-bond donors (Lipinski definition) is 0. The fraction of sp³-hybridized carbons (Fsp3) is 0.294. The highest BCUT2D eigenvalue weighted by molar-refractivity contribution is 7.12. The molecule has 2 heterocycles. The fourth-order valence-electron chi connectivity index (χ4n) is 2.46. The maximum absolute atomic E-state index is 12.7. The van der Waals surface area contributed by atoms with Crippen LogP contribution in [0.5, 0.6) is 0 Å². The third kappa shape index (κ3) is 3.85. The van der Waals surface area contributed by atoms with Crippen LogP contribution in [0.4, 0.5) is 0 Å². The first kappa shape index (κ1) is 17.1. The van der Waals surface area contributed by atoms with E-state index in [9.17, 15) is 9.59 Å². The average Bonchev–Trinajstić information content (AvgIpc) is 3.24. The molecule has 0 aliphatic rings. The van der Waals surface area contributed by atoms with E-state index < -0.39 is 5.69 Å². The molecule has 0 bridgehead atoms. The number of benzene rings is 1.